The molecular weight excluding hydrogens is 192 g/mol. The highest BCUT2D eigenvalue weighted by atomic mass is 14.1. The lowest BCUT2D eigenvalue weighted by Crippen LogP contribution is -1.96. The van der Waals surface area contributed by atoms with E-state index in [1.807, 2.05) is 0 Å². The van der Waals surface area contributed by atoms with E-state index in [4.69, 9.17) is 0 Å². The van der Waals surface area contributed by atoms with Crippen LogP contribution < -0.4 is 0 Å². The van der Waals surface area contributed by atoms with Crippen molar-refractivity contribution in [2.75, 3.05) is 0 Å². The zero-order chi connectivity index (χ0) is 12.1. The van der Waals surface area contributed by atoms with Crippen molar-refractivity contribution < 1.29 is 0 Å². The number of aryl methyl sites for hydroxylation is 3. The maximum atomic E-state index is 2.38. The third-order valence-corrected chi connectivity index (χ3v) is 3.36. The fourth-order valence-electron chi connectivity index (χ4n) is 2.50. The SMILES string of the molecule is CCc1c(C)cc(CCCC(C)C)cc1C. The Morgan fingerprint density at radius 1 is 1.06 bits per heavy atom. The monoisotopic (exact) mass is 218 g/mol. The second-order valence-corrected chi connectivity index (χ2v) is 5.35. The van der Waals surface area contributed by atoms with Gasteiger partial charge in [-0.15, -0.1) is 0 Å². The fourth-order valence-corrected chi connectivity index (χ4v) is 2.50. The molecule has 0 aliphatic heterocycles. The maximum absolute atomic E-state index is 2.38. The van der Waals surface area contributed by atoms with Gasteiger partial charge >= 0.3 is 0 Å². The standard InChI is InChI=1S/C16H26/c1-6-16-13(4)10-15(11-14(16)5)9-7-8-12(2)3/h10-12H,6-9H2,1-5H3. The predicted molar refractivity (Wildman–Crippen MR) is 73.1 cm³/mol. The third kappa shape index (κ3) is 3.66. The molecule has 0 aliphatic carbocycles. The van der Waals surface area contributed by atoms with Gasteiger partial charge in [-0.25, -0.2) is 0 Å². The molecule has 0 amide bonds. The molecule has 16 heavy (non-hydrogen) atoms. The van der Waals surface area contributed by atoms with E-state index in [9.17, 15) is 0 Å². The smallest absolute Gasteiger partial charge is 0.0279 e. The molecule has 90 valence electrons. The Morgan fingerprint density at radius 3 is 2.06 bits per heavy atom. The first-order valence-electron chi connectivity index (χ1n) is 6.63. The predicted octanol–water partition coefficient (Wildman–Crippen LogP) is 4.84. The van der Waals surface area contributed by atoms with Gasteiger partial charge in [0.2, 0.25) is 0 Å². The molecule has 0 heteroatoms. The lowest BCUT2D eigenvalue weighted by molar-refractivity contribution is 0.555. The van der Waals surface area contributed by atoms with E-state index in [-0.39, 0.29) is 0 Å². The Morgan fingerprint density at radius 2 is 1.62 bits per heavy atom. The average molecular weight is 218 g/mol. The molecule has 0 nitrogen and oxygen atoms in total. The van der Waals surface area contributed by atoms with Crippen LogP contribution in [0.15, 0.2) is 12.1 Å². The molecule has 0 unspecified atom stereocenters. The first kappa shape index (κ1) is 13.3. The van der Waals surface area contributed by atoms with Crippen LogP contribution in [0.25, 0.3) is 0 Å². The van der Waals surface area contributed by atoms with E-state index in [2.05, 4.69) is 46.8 Å². The summed E-state index contributed by atoms with van der Waals surface area (Å²) in [6.07, 6.45) is 5.06. The first-order valence-corrected chi connectivity index (χ1v) is 6.63. The number of hydrogen-bond acceptors (Lipinski definition) is 0. The summed E-state index contributed by atoms with van der Waals surface area (Å²) in [5.41, 5.74) is 6.00. The summed E-state index contributed by atoms with van der Waals surface area (Å²) in [7, 11) is 0. The number of hydrogen-bond donors (Lipinski definition) is 0. The average Bonchev–Trinajstić information content (AvgIpc) is 2.16. The molecule has 0 heterocycles. The van der Waals surface area contributed by atoms with Crippen LogP contribution in [0.4, 0.5) is 0 Å². The van der Waals surface area contributed by atoms with Gasteiger partial charge in [-0.3, -0.25) is 0 Å². The molecule has 0 spiro atoms. The van der Waals surface area contributed by atoms with Crippen molar-refractivity contribution in [1.82, 2.24) is 0 Å². The quantitative estimate of drug-likeness (QED) is 0.663. The minimum atomic E-state index is 0.831. The summed E-state index contributed by atoms with van der Waals surface area (Å²) in [5, 5.41) is 0. The van der Waals surface area contributed by atoms with Gasteiger partial charge in [-0.05, 0) is 61.3 Å². The van der Waals surface area contributed by atoms with Gasteiger partial charge in [0, 0.05) is 0 Å². The van der Waals surface area contributed by atoms with Crippen molar-refractivity contribution >= 4 is 0 Å². The van der Waals surface area contributed by atoms with Gasteiger partial charge in [-0.2, -0.15) is 0 Å². The highest BCUT2D eigenvalue weighted by Crippen LogP contribution is 2.19. The van der Waals surface area contributed by atoms with Crippen molar-refractivity contribution in [2.24, 2.45) is 5.92 Å². The first-order chi connectivity index (χ1) is 7.54. The molecule has 0 fully saturated rings. The van der Waals surface area contributed by atoms with Crippen molar-refractivity contribution in [1.29, 1.82) is 0 Å². The molecular formula is C16H26. The maximum Gasteiger partial charge on any atom is -0.0279 e. The van der Waals surface area contributed by atoms with E-state index >= 15 is 0 Å². The Labute approximate surface area is 101 Å². The lowest BCUT2D eigenvalue weighted by Gasteiger charge is -2.11. The van der Waals surface area contributed by atoms with Gasteiger partial charge in [0.1, 0.15) is 0 Å². The number of rotatable bonds is 5. The minimum Gasteiger partial charge on any atom is -0.0628 e. The second kappa shape index (κ2) is 6.08. The molecule has 0 aliphatic rings. The fraction of sp³-hybridized carbons (Fsp3) is 0.625. The number of benzene rings is 1. The molecule has 0 N–H and O–H groups in total. The molecule has 0 aromatic heterocycles. The molecule has 0 saturated carbocycles. The Bertz CT molecular complexity index is 311. The van der Waals surface area contributed by atoms with Crippen LogP contribution >= 0.6 is 0 Å². The Balaban J connectivity index is 2.68. The zero-order valence-corrected chi connectivity index (χ0v) is 11.6. The normalized spacial score (nSPS) is 11.1. The summed E-state index contributed by atoms with van der Waals surface area (Å²) in [6.45, 7) is 11.3. The van der Waals surface area contributed by atoms with E-state index in [0.29, 0.717) is 0 Å². The molecule has 1 rings (SSSR count). The molecule has 0 saturated heterocycles. The molecule has 0 bridgehead atoms. The molecule has 0 radical (unpaired) electrons. The zero-order valence-electron chi connectivity index (χ0n) is 11.6. The van der Waals surface area contributed by atoms with E-state index in [1.54, 1.807) is 0 Å². The van der Waals surface area contributed by atoms with Crippen LogP contribution in [0.3, 0.4) is 0 Å². The van der Waals surface area contributed by atoms with Crippen LogP contribution in [0, 0.1) is 19.8 Å². The second-order valence-electron chi connectivity index (χ2n) is 5.35. The largest absolute Gasteiger partial charge is 0.0628 e. The Kier molecular flexibility index (Phi) is 5.05. The van der Waals surface area contributed by atoms with Crippen LogP contribution in [0.2, 0.25) is 0 Å². The molecule has 1 aromatic carbocycles. The van der Waals surface area contributed by atoms with E-state index in [1.165, 1.54) is 41.5 Å². The van der Waals surface area contributed by atoms with Crippen molar-refractivity contribution in [3.8, 4) is 0 Å². The van der Waals surface area contributed by atoms with Crippen molar-refractivity contribution in [2.45, 2.75) is 60.3 Å². The van der Waals surface area contributed by atoms with Gasteiger partial charge in [0.15, 0.2) is 0 Å². The Hall–Kier alpha value is -0.780. The lowest BCUT2D eigenvalue weighted by atomic mass is 9.94. The van der Waals surface area contributed by atoms with E-state index in [0.717, 1.165) is 12.3 Å². The van der Waals surface area contributed by atoms with Gasteiger partial charge in [0.25, 0.3) is 0 Å². The van der Waals surface area contributed by atoms with Crippen molar-refractivity contribution in [3.63, 3.8) is 0 Å². The van der Waals surface area contributed by atoms with Crippen LogP contribution in [-0.2, 0) is 12.8 Å². The van der Waals surface area contributed by atoms with E-state index < -0.39 is 0 Å². The summed E-state index contributed by atoms with van der Waals surface area (Å²) in [6, 6.07) is 4.76. The van der Waals surface area contributed by atoms with Crippen LogP contribution in [0.1, 0.15) is 55.9 Å². The minimum absolute atomic E-state index is 0.831. The summed E-state index contributed by atoms with van der Waals surface area (Å²) in [5.74, 6) is 0.831. The van der Waals surface area contributed by atoms with Crippen LogP contribution in [0.5, 0.6) is 0 Å². The van der Waals surface area contributed by atoms with Gasteiger partial charge in [0.05, 0.1) is 0 Å². The van der Waals surface area contributed by atoms with Crippen molar-refractivity contribution in [3.05, 3.63) is 34.4 Å². The summed E-state index contributed by atoms with van der Waals surface area (Å²) >= 11 is 0. The van der Waals surface area contributed by atoms with Gasteiger partial charge in [-0.1, -0.05) is 39.3 Å². The highest BCUT2D eigenvalue weighted by molar-refractivity contribution is 5.37. The third-order valence-electron chi connectivity index (χ3n) is 3.36. The highest BCUT2D eigenvalue weighted by Gasteiger charge is 2.03. The van der Waals surface area contributed by atoms with Gasteiger partial charge < -0.3 is 0 Å². The molecule has 0 atom stereocenters. The van der Waals surface area contributed by atoms with Crippen LogP contribution in [-0.4, -0.2) is 0 Å². The summed E-state index contributed by atoms with van der Waals surface area (Å²) in [4.78, 5) is 0. The molecule has 1 aromatic rings. The summed E-state index contributed by atoms with van der Waals surface area (Å²) < 4.78 is 0. The topological polar surface area (TPSA) is 0 Å².